The number of aliphatic hydroxyl groups is 1. The number of hydrogen-bond donors (Lipinski definition) is 3. The van der Waals surface area contributed by atoms with Crippen LogP contribution in [0.15, 0.2) is 87.9 Å². The summed E-state index contributed by atoms with van der Waals surface area (Å²) in [5.41, 5.74) is 3.23. The minimum absolute atomic E-state index is 0.0216. The van der Waals surface area contributed by atoms with Crippen molar-refractivity contribution >= 4 is 23.3 Å². The van der Waals surface area contributed by atoms with E-state index in [4.69, 9.17) is 23.3 Å². The van der Waals surface area contributed by atoms with Crippen LogP contribution in [0.1, 0.15) is 70.7 Å². The molecule has 3 aliphatic rings. The van der Waals surface area contributed by atoms with Crippen molar-refractivity contribution in [1.29, 1.82) is 0 Å². The van der Waals surface area contributed by atoms with Crippen LogP contribution in [0.2, 0.25) is 0 Å². The molecule has 12 nitrogen and oxygen atoms in total. The molecule has 0 saturated carbocycles. The number of ketones is 1. The highest BCUT2D eigenvalue weighted by Crippen LogP contribution is 2.59. The van der Waals surface area contributed by atoms with Gasteiger partial charge in [-0.05, 0) is 41.2 Å². The van der Waals surface area contributed by atoms with Crippen LogP contribution in [0.4, 0.5) is 5.69 Å². The van der Waals surface area contributed by atoms with Gasteiger partial charge in [0, 0.05) is 30.0 Å². The molecule has 4 bridgehead atoms. The quantitative estimate of drug-likeness (QED) is 0.185. The third-order valence-corrected chi connectivity index (χ3v) is 10.0. The van der Waals surface area contributed by atoms with Crippen molar-refractivity contribution in [1.82, 2.24) is 15.3 Å². The Morgan fingerprint density at radius 3 is 2.59 bits per heavy atom. The van der Waals surface area contributed by atoms with Crippen molar-refractivity contribution in [3.63, 3.8) is 0 Å². The number of Topliss-reactive ketones (excluding diaryl/α,β-unsaturated/α-hetero) is 1. The lowest BCUT2D eigenvalue weighted by molar-refractivity contribution is -0.135. The van der Waals surface area contributed by atoms with Crippen LogP contribution in [-0.2, 0) is 32.6 Å². The van der Waals surface area contributed by atoms with E-state index in [1.54, 1.807) is 13.8 Å². The van der Waals surface area contributed by atoms with Gasteiger partial charge in [-0.3, -0.25) is 9.59 Å². The van der Waals surface area contributed by atoms with E-state index in [0.717, 1.165) is 27.9 Å². The summed E-state index contributed by atoms with van der Waals surface area (Å²) >= 11 is 0. The highest BCUT2D eigenvalue weighted by Gasteiger charge is 2.61. The number of esters is 1. The molecule has 2 unspecified atom stereocenters. The van der Waals surface area contributed by atoms with Gasteiger partial charge in [-0.1, -0.05) is 74.5 Å². The first kappa shape index (κ1) is 32.5. The van der Waals surface area contributed by atoms with Gasteiger partial charge in [0.05, 0.1) is 7.11 Å². The van der Waals surface area contributed by atoms with Gasteiger partial charge in [0.1, 0.15) is 29.6 Å². The summed E-state index contributed by atoms with van der Waals surface area (Å²) in [6.07, 6.45) is -0.298. The summed E-state index contributed by atoms with van der Waals surface area (Å²) in [6, 6.07) is 22.4. The summed E-state index contributed by atoms with van der Waals surface area (Å²) in [4.78, 5) is 49.5. The molecule has 0 fully saturated rings. The number of hydrogen-bond acceptors (Lipinski definition) is 11. The van der Waals surface area contributed by atoms with Crippen LogP contribution in [0.25, 0.3) is 11.6 Å². The minimum atomic E-state index is -1.20. The number of anilines is 1. The van der Waals surface area contributed by atoms with E-state index >= 15 is 0 Å². The Labute approximate surface area is 293 Å². The van der Waals surface area contributed by atoms with E-state index in [1.165, 1.54) is 13.4 Å². The number of oxazole rings is 2. The number of carbonyl (C=O) groups excluding carboxylic acids is 3. The Bertz CT molecular complexity index is 2160. The molecule has 1 spiro atoms. The highest BCUT2D eigenvalue weighted by molar-refractivity contribution is 5.90. The van der Waals surface area contributed by atoms with E-state index in [-0.39, 0.29) is 47.8 Å². The average molecular weight is 689 g/mol. The maximum Gasteiger partial charge on any atom is 0.360 e. The van der Waals surface area contributed by atoms with Gasteiger partial charge in [-0.2, -0.15) is 0 Å². The van der Waals surface area contributed by atoms with Crippen LogP contribution in [0.5, 0.6) is 5.75 Å². The Morgan fingerprint density at radius 2 is 1.80 bits per heavy atom. The zero-order valence-corrected chi connectivity index (χ0v) is 28.2. The van der Waals surface area contributed by atoms with E-state index in [2.05, 4.69) is 15.6 Å². The van der Waals surface area contributed by atoms with Gasteiger partial charge < -0.3 is 34.0 Å². The van der Waals surface area contributed by atoms with Crippen molar-refractivity contribution in [2.24, 2.45) is 11.8 Å². The largest absolute Gasteiger partial charge is 0.469 e. The van der Waals surface area contributed by atoms with E-state index < -0.39 is 41.5 Å². The number of fused-ring (bicyclic) bond motifs is 4. The fraction of sp³-hybridized carbons (Fsp3) is 0.308. The third kappa shape index (κ3) is 5.37. The Balaban J connectivity index is 1.37. The zero-order chi connectivity index (χ0) is 35.4. The van der Waals surface area contributed by atoms with Crippen LogP contribution in [0.3, 0.4) is 0 Å². The van der Waals surface area contributed by atoms with Gasteiger partial charge in [0.15, 0.2) is 29.2 Å². The number of rotatable bonds is 8. The fourth-order valence-electron chi connectivity index (χ4n) is 7.45. The first-order chi connectivity index (χ1) is 24.7. The normalized spacial score (nSPS) is 22.1. The molecule has 2 aromatic heterocycles. The minimum Gasteiger partial charge on any atom is -0.469 e. The van der Waals surface area contributed by atoms with Gasteiger partial charge in [0.25, 0.3) is 0 Å². The van der Waals surface area contributed by atoms with Gasteiger partial charge in [0.2, 0.25) is 17.7 Å². The second-order valence-corrected chi connectivity index (χ2v) is 13.6. The zero-order valence-electron chi connectivity index (χ0n) is 28.2. The van der Waals surface area contributed by atoms with Crippen LogP contribution < -0.4 is 15.4 Å². The predicted molar refractivity (Wildman–Crippen MR) is 183 cm³/mol. The summed E-state index contributed by atoms with van der Waals surface area (Å²) in [6.45, 7) is 3.53. The Hall–Kier alpha value is -5.75. The lowest BCUT2D eigenvalue weighted by Gasteiger charge is -2.28. The molecular formula is C39H36N4O8. The van der Waals surface area contributed by atoms with Crippen molar-refractivity contribution in [3.05, 3.63) is 119 Å². The predicted octanol–water partition coefficient (Wildman–Crippen LogP) is 5.14. The molecular weight excluding hydrogens is 652 g/mol. The number of aromatic nitrogens is 2. The van der Waals surface area contributed by atoms with Crippen molar-refractivity contribution < 1.29 is 37.8 Å². The molecule has 3 aromatic carbocycles. The number of para-hydroxylation sites is 1. The molecule has 12 heteroatoms. The van der Waals surface area contributed by atoms with E-state index in [0.29, 0.717) is 17.9 Å². The Morgan fingerprint density at radius 1 is 1.02 bits per heavy atom. The van der Waals surface area contributed by atoms with Crippen LogP contribution in [-0.4, -0.2) is 52.2 Å². The van der Waals surface area contributed by atoms with Crippen LogP contribution in [0, 0.1) is 11.8 Å². The monoisotopic (exact) mass is 688 g/mol. The molecule has 8 rings (SSSR count). The number of amides is 1. The molecule has 5 heterocycles. The SMILES string of the molecule is COC(=O)c1coc(-c2nc3oc2C24c5ccccc5NC2Oc2ccc(cc24)C[C@H](CC(=O)[C@@H](O)C(C)C)C(=O)N[C@H]3Cc2ccccc2)n1. The number of methoxy groups -OCH3 is 1. The van der Waals surface area contributed by atoms with Crippen molar-refractivity contribution in [2.45, 2.75) is 56.9 Å². The molecule has 260 valence electrons. The standard InChI is InChI=1S/C39H36N4O8/c1-20(2)32(45)29(44)18-23-15-22-13-14-30-25(16-22)39(24-11-7-8-12-26(24)42-38(39)50-30)33-31(36-41-28(19-49-36)37(47)48-3)43-35(51-33)27(40-34(23)46)17-21-9-5-4-6-10-21/h4-14,16,19-20,23,27,32,38,42,45H,15,17-18H2,1-3H3,(H,40,46)/t23-,27+,32+,38?,39?/m1/s1. The maximum atomic E-state index is 14.3. The summed E-state index contributed by atoms with van der Waals surface area (Å²) in [7, 11) is 1.26. The van der Waals surface area contributed by atoms with Gasteiger partial charge >= 0.3 is 5.97 Å². The highest BCUT2D eigenvalue weighted by atomic mass is 16.5. The molecule has 5 aromatic rings. The number of carbonyl (C=O) groups is 3. The lowest BCUT2D eigenvalue weighted by atomic mass is 9.72. The summed E-state index contributed by atoms with van der Waals surface area (Å²) < 4.78 is 24.3. The van der Waals surface area contributed by atoms with Crippen LogP contribution >= 0.6 is 0 Å². The molecule has 3 aliphatic heterocycles. The second-order valence-electron chi connectivity index (χ2n) is 13.6. The molecule has 0 saturated heterocycles. The van der Waals surface area contributed by atoms with E-state index in [9.17, 15) is 19.5 Å². The Kier molecular flexibility index (Phi) is 7.98. The molecule has 3 N–H and O–H groups in total. The van der Waals surface area contributed by atoms with Crippen molar-refractivity contribution in [3.8, 4) is 17.3 Å². The van der Waals surface area contributed by atoms with Gasteiger partial charge in [-0.15, -0.1) is 0 Å². The molecule has 0 radical (unpaired) electrons. The number of benzene rings is 3. The first-order valence-electron chi connectivity index (χ1n) is 16.9. The average Bonchev–Trinajstić information content (AvgIpc) is 3.92. The lowest BCUT2D eigenvalue weighted by Crippen LogP contribution is -2.40. The second kappa shape index (κ2) is 12.5. The molecule has 0 aliphatic carbocycles. The maximum absolute atomic E-state index is 14.3. The summed E-state index contributed by atoms with van der Waals surface area (Å²) in [5.74, 6) is -1.44. The fourth-order valence-corrected chi connectivity index (χ4v) is 7.45. The van der Waals surface area contributed by atoms with E-state index in [1.807, 2.05) is 72.8 Å². The number of nitrogens with zero attached hydrogens (tertiary/aromatic N) is 2. The third-order valence-electron chi connectivity index (χ3n) is 10.0. The first-order valence-corrected chi connectivity index (χ1v) is 16.9. The topological polar surface area (TPSA) is 166 Å². The molecule has 5 atom stereocenters. The number of aliphatic hydroxyl groups excluding tert-OH is 1. The summed E-state index contributed by atoms with van der Waals surface area (Å²) in [5, 5.41) is 17.3. The molecule has 51 heavy (non-hydrogen) atoms. The molecule has 1 amide bonds. The van der Waals surface area contributed by atoms with Gasteiger partial charge in [-0.25, -0.2) is 14.8 Å². The van der Waals surface area contributed by atoms with Crippen molar-refractivity contribution in [2.75, 3.05) is 12.4 Å². The smallest absolute Gasteiger partial charge is 0.360 e. The number of ether oxygens (including phenoxy) is 2. The number of nitrogens with one attached hydrogen (secondary N) is 2.